The van der Waals surface area contributed by atoms with Crippen LogP contribution in [0.1, 0.15) is 11.1 Å². The number of hydrogen-bond donors (Lipinski definition) is 0. The minimum Gasteiger partial charge on any atom is -0.496 e. The molecule has 0 amide bonds. The van der Waals surface area contributed by atoms with Gasteiger partial charge in [0.2, 0.25) is 5.90 Å². The summed E-state index contributed by atoms with van der Waals surface area (Å²) in [5.74, 6) is 1.01. The molecule has 0 aromatic heterocycles. The third kappa shape index (κ3) is 3.77. The SMILES string of the molecule is C=CCOc1cccc(/C=C2\N=C(c3ccccc3OC)OC2=O)c1. The Kier molecular flexibility index (Phi) is 4.95. The Hall–Kier alpha value is -3.34. The van der Waals surface area contributed by atoms with Gasteiger partial charge in [0.1, 0.15) is 18.1 Å². The lowest BCUT2D eigenvalue weighted by Gasteiger charge is -2.05. The number of rotatable bonds is 6. The zero-order valence-electron chi connectivity index (χ0n) is 13.8. The van der Waals surface area contributed by atoms with Gasteiger partial charge in [0, 0.05) is 0 Å². The van der Waals surface area contributed by atoms with Gasteiger partial charge in [0.25, 0.3) is 0 Å². The van der Waals surface area contributed by atoms with Crippen LogP contribution in [-0.2, 0) is 9.53 Å². The first-order chi connectivity index (χ1) is 12.2. The van der Waals surface area contributed by atoms with Crippen molar-refractivity contribution in [3.05, 3.63) is 78.0 Å². The van der Waals surface area contributed by atoms with Gasteiger partial charge in [-0.05, 0) is 35.9 Å². The van der Waals surface area contributed by atoms with Crippen LogP contribution < -0.4 is 9.47 Å². The third-order valence-corrected chi connectivity index (χ3v) is 3.49. The largest absolute Gasteiger partial charge is 0.496 e. The van der Waals surface area contributed by atoms with Crippen LogP contribution in [0.2, 0.25) is 0 Å². The molecule has 0 saturated heterocycles. The predicted molar refractivity (Wildman–Crippen MR) is 95.7 cm³/mol. The Morgan fingerprint density at radius 2 is 2.04 bits per heavy atom. The number of cyclic esters (lactones) is 1. The Bertz CT molecular complexity index is 868. The quantitative estimate of drug-likeness (QED) is 0.460. The van der Waals surface area contributed by atoms with Crippen molar-refractivity contribution in [2.75, 3.05) is 13.7 Å². The van der Waals surface area contributed by atoms with Gasteiger partial charge in [0.15, 0.2) is 5.70 Å². The minimum absolute atomic E-state index is 0.224. The average molecular weight is 335 g/mol. The van der Waals surface area contributed by atoms with E-state index in [1.807, 2.05) is 36.4 Å². The molecule has 0 bridgehead atoms. The van der Waals surface area contributed by atoms with Crippen molar-refractivity contribution in [1.82, 2.24) is 0 Å². The molecule has 2 aromatic carbocycles. The molecule has 3 rings (SSSR count). The minimum atomic E-state index is -0.502. The Morgan fingerprint density at radius 1 is 1.20 bits per heavy atom. The summed E-state index contributed by atoms with van der Waals surface area (Å²) in [6.45, 7) is 4.03. The van der Waals surface area contributed by atoms with Crippen LogP contribution >= 0.6 is 0 Å². The predicted octanol–water partition coefficient (Wildman–Crippen LogP) is 3.60. The lowest BCUT2D eigenvalue weighted by atomic mass is 10.2. The van der Waals surface area contributed by atoms with Crippen LogP contribution in [0.3, 0.4) is 0 Å². The molecule has 1 aliphatic rings. The number of para-hydroxylation sites is 1. The van der Waals surface area contributed by atoms with Gasteiger partial charge in [-0.3, -0.25) is 0 Å². The van der Waals surface area contributed by atoms with E-state index in [-0.39, 0.29) is 11.6 Å². The molecule has 0 fully saturated rings. The van der Waals surface area contributed by atoms with Gasteiger partial charge >= 0.3 is 5.97 Å². The van der Waals surface area contributed by atoms with E-state index in [2.05, 4.69) is 11.6 Å². The first-order valence-corrected chi connectivity index (χ1v) is 7.71. The van der Waals surface area contributed by atoms with Crippen LogP contribution in [0.25, 0.3) is 6.08 Å². The highest BCUT2D eigenvalue weighted by Crippen LogP contribution is 2.25. The van der Waals surface area contributed by atoms with Crippen LogP contribution in [0.5, 0.6) is 11.5 Å². The van der Waals surface area contributed by atoms with Gasteiger partial charge in [-0.15, -0.1) is 0 Å². The van der Waals surface area contributed by atoms with Crippen molar-refractivity contribution >= 4 is 17.9 Å². The number of carbonyl (C=O) groups is 1. The summed E-state index contributed by atoms with van der Waals surface area (Å²) in [5.41, 5.74) is 1.64. The van der Waals surface area contributed by atoms with Crippen molar-refractivity contribution in [2.24, 2.45) is 4.99 Å². The molecule has 2 aromatic rings. The van der Waals surface area contributed by atoms with Crippen LogP contribution in [0, 0.1) is 0 Å². The Balaban J connectivity index is 1.90. The second-order valence-electron chi connectivity index (χ2n) is 5.21. The van der Waals surface area contributed by atoms with Crippen LogP contribution in [0.15, 0.2) is 71.9 Å². The van der Waals surface area contributed by atoms with E-state index in [0.717, 1.165) is 5.56 Å². The van der Waals surface area contributed by atoms with E-state index in [0.29, 0.717) is 23.7 Å². The van der Waals surface area contributed by atoms with Crippen molar-refractivity contribution in [3.63, 3.8) is 0 Å². The smallest absolute Gasteiger partial charge is 0.363 e. The highest BCUT2D eigenvalue weighted by Gasteiger charge is 2.26. The summed E-state index contributed by atoms with van der Waals surface area (Å²) >= 11 is 0. The van der Waals surface area contributed by atoms with E-state index in [1.165, 1.54) is 0 Å². The number of aliphatic imine (C=N–C) groups is 1. The van der Waals surface area contributed by atoms with Crippen molar-refractivity contribution in [3.8, 4) is 11.5 Å². The second kappa shape index (κ2) is 7.49. The second-order valence-corrected chi connectivity index (χ2v) is 5.21. The number of nitrogens with zero attached hydrogens (tertiary/aromatic N) is 1. The molecule has 5 nitrogen and oxygen atoms in total. The molecule has 25 heavy (non-hydrogen) atoms. The number of methoxy groups -OCH3 is 1. The van der Waals surface area contributed by atoms with E-state index in [1.54, 1.807) is 31.4 Å². The van der Waals surface area contributed by atoms with Crippen LogP contribution in [-0.4, -0.2) is 25.6 Å². The zero-order valence-corrected chi connectivity index (χ0v) is 13.8. The summed E-state index contributed by atoms with van der Waals surface area (Å²) in [5, 5.41) is 0. The molecule has 0 aliphatic carbocycles. The molecular formula is C20H17NO4. The van der Waals surface area contributed by atoms with E-state index in [9.17, 15) is 4.79 Å². The standard InChI is InChI=1S/C20H17NO4/c1-3-11-24-15-8-6-7-14(12-15)13-17-20(22)25-19(21-17)16-9-4-5-10-18(16)23-2/h3-10,12-13H,1,11H2,2H3/b17-13-. The fourth-order valence-corrected chi connectivity index (χ4v) is 2.35. The molecule has 0 atom stereocenters. The first-order valence-electron chi connectivity index (χ1n) is 7.71. The highest BCUT2D eigenvalue weighted by atomic mass is 16.6. The molecule has 5 heteroatoms. The Morgan fingerprint density at radius 3 is 2.84 bits per heavy atom. The average Bonchev–Trinajstić information content (AvgIpc) is 3.00. The van der Waals surface area contributed by atoms with Crippen molar-refractivity contribution in [2.45, 2.75) is 0 Å². The molecular weight excluding hydrogens is 318 g/mol. The highest BCUT2D eigenvalue weighted by molar-refractivity contribution is 6.13. The normalized spacial score (nSPS) is 14.8. The zero-order chi connectivity index (χ0) is 17.6. The fourth-order valence-electron chi connectivity index (χ4n) is 2.35. The summed E-state index contributed by atoms with van der Waals surface area (Å²) < 4.78 is 16.1. The van der Waals surface area contributed by atoms with Gasteiger partial charge in [-0.25, -0.2) is 9.79 Å². The third-order valence-electron chi connectivity index (χ3n) is 3.49. The number of esters is 1. The number of carbonyl (C=O) groups excluding carboxylic acids is 1. The summed E-state index contributed by atoms with van der Waals surface area (Å²) in [4.78, 5) is 16.4. The maximum absolute atomic E-state index is 12.1. The summed E-state index contributed by atoms with van der Waals surface area (Å²) in [6.07, 6.45) is 3.33. The van der Waals surface area contributed by atoms with E-state index >= 15 is 0 Å². The maximum atomic E-state index is 12.1. The van der Waals surface area contributed by atoms with Gasteiger partial charge < -0.3 is 14.2 Å². The van der Waals surface area contributed by atoms with Gasteiger partial charge in [-0.1, -0.05) is 36.9 Å². The molecule has 126 valence electrons. The topological polar surface area (TPSA) is 57.1 Å². The molecule has 0 N–H and O–H groups in total. The van der Waals surface area contributed by atoms with Crippen molar-refractivity contribution < 1.29 is 19.0 Å². The Labute approximate surface area is 145 Å². The van der Waals surface area contributed by atoms with Gasteiger partial charge in [0.05, 0.1) is 12.7 Å². The molecule has 0 radical (unpaired) electrons. The lowest BCUT2D eigenvalue weighted by Crippen LogP contribution is -2.06. The number of benzene rings is 2. The maximum Gasteiger partial charge on any atom is 0.363 e. The fraction of sp³-hybridized carbons (Fsp3) is 0.100. The summed E-state index contributed by atoms with van der Waals surface area (Å²) in [7, 11) is 1.56. The van der Waals surface area contributed by atoms with Crippen LogP contribution in [0.4, 0.5) is 0 Å². The summed E-state index contributed by atoms with van der Waals surface area (Å²) in [6, 6.07) is 14.6. The molecule has 1 aliphatic heterocycles. The van der Waals surface area contributed by atoms with E-state index in [4.69, 9.17) is 14.2 Å². The molecule has 1 heterocycles. The first kappa shape index (κ1) is 16.5. The lowest BCUT2D eigenvalue weighted by molar-refractivity contribution is -0.129. The number of hydrogen-bond acceptors (Lipinski definition) is 5. The number of ether oxygens (including phenoxy) is 3. The van der Waals surface area contributed by atoms with Gasteiger partial charge in [-0.2, -0.15) is 0 Å². The monoisotopic (exact) mass is 335 g/mol. The van der Waals surface area contributed by atoms with E-state index < -0.39 is 5.97 Å². The molecule has 0 unspecified atom stereocenters. The molecule has 0 saturated carbocycles. The molecule has 0 spiro atoms. The van der Waals surface area contributed by atoms with Crippen molar-refractivity contribution in [1.29, 1.82) is 0 Å².